The summed E-state index contributed by atoms with van der Waals surface area (Å²) in [4.78, 5) is 39.7. The van der Waals surface area contributed by atoms with Crippen LogP contribution in [-0.2, 0) is 9.59 Å². The number of halogens is 1. The van der Waals surface area contributed by atoms with E-state index in [2.05, 4.69) is 26.6 Å². The van der Waals surface area contributed by atoms with Gasteiger partial charge in [-0.05, 0) is 55.3 Å². The molecule has 2 N–H and O–H groups in total. The standard InChI is InChI=1S/C24H28BrN3O4/c1-32-21-12-10-19(11-13-21)27-22(29)15-26-23(30)16-28(20-8-3-2-4-9-20)24(31)17-6-5-7-18(25)14-17/h5-7,10-14,20H,2-4,8-9,15-16H2,1H3,(H,26,30)(H,27,29). The maximum atomic E-state index is 13.2. The molecule has 2 aromatic rings. The first-order chi connectivity index (χ1) is 15.5. The van der Waals surface area contributed by atoms with Crippen molar-refractivity contribution in [2.45, 2.75) is 38.1 Å². The van der Waals surface area contributed by atoms with Crippen LogP contribution in [0, 0.1) is 0 Å². The van der Waals surface area contributed by atoms with Gasteiger partial charge in [0.1, 0.15) is 12.3 Å². The van der Waals surface area contributed by atoms with Crippen LogP contribution in [0.25, 0.3) is 0 Å². The molecule has 0 bridgehead atoms. The largest absolute Gasteiger partial charge is 0.497 e. The Morgan fingerprint density at radius 1 is 1.03 bits per heavy atom. The number of rotatable bonds is 8. The summed E-state index contributed by atoms with van der Waals surface area (Å²) in [7, 11) is 1.57. The van der Waals surface area contributed by atoms with Gasteiger partial charge in [-0.2, -0.15) is 0 Å². The average Bonchev–Trinajstić information content (AvgIpc) is 2.82. The maximum Gasteiger partial charge on any atom is 0.254 e. The van der Waals surface area contributed by atoms with E-state index in [1.165, 1.54) is 0 Å². The topological polar surface area (TPSA) is 87.7 Å². The van der Waals surface area contributed by atoms with E-state index in [-0.39, 0.29) is 36.9 Å². The Kier molecular flexibility index (Phi) is 8.67. The van der Waals surface area contributed by atoms with Gasteiger partial charge in [0.05, 0.1) is 13.7 Å². The highest BCUT2D eigenvalue weighted by atomic mass is 79.9. The minimum absolute atomic E-state index is 0.0223. The second-order valence-electron chi connectivity index (χ2n) is 7.79. The molecular weight excluding hydrogens is 474 g/mol. The predicted molar refractivity (Wildman–Crippen MR) is 127 cm³/mol. The molecule has 0 atom stereocenters. The van der Waals surface area contributed by atoms with Crippen molar-refractivity contribution >= 4 is 39.3 Å². The first-order valence-corrected chi connectivity index (χ1v) is 11.5. The molecule has 7 nitrogen and oxygen atoms in total. The van der Waals surface area contributed by atoms with Gasteiger partial charge in [0.15, 0.2) is 0 Å². The molecule has 0 aromatic heterocycles. The number of hydrogen-bond donors (Lipinski definition) is 2. The first-order valence-electron chi connectivity index (χ1n) is 10.7. The van der Waals surface area contributed by atoms with Crippen LogP contribution in [-0.4, -0.2) is 48.9 Å². The molecule has 0 radical (unpaired) electrons. The van der Waals surface area contributed by atoms with E-state index in [0.29, 0.717) is 17.0 Å². The number of nitrogens with one attached hydrogen (secondary N) is 2. The summed E-state index contributed by atoms with van der Waals surface area (Å²) in [5.74, 6) is -0.180. The van der Waals surface area contributed by atoms with Crippen molar-refractivity contribution in [2.24, 2.45) is 0 Å². The van der Waals surface area contributed by atoms with Crippen molar-refractivity contribution in [1.82, 2.24) is 10.2 Å². The smallest absolute Gasteiger partial charge is 0.254 e. The van der Waals surface area contributed by atoms with Crippen molar-refractivity contribution in [1.29, 1.82) is 0 Å². The molecule has 1 fully saturated rings. The number of benzene rings is 2. The van der Waals surface area contributed by atoms with Crippen molar-refractivity contribution in [3.05, 3.63) is 58.6 Å². The van der Waals surface area contributed by atoms with Crippen LogP contribution < -0.4 is 15.4 Å². The molecule has 1 aliphatic carbocycles. The van der Waals surface area contributed by atoms with Gasteiger partial charge in [-0.1, -0.05) is 41.3 Å². The zero-order chi connectivity index (χ0) is 22.9. The second-order valence-corrected chi connectivity index (χ2v) is 8.70. The molecule has 170 valence electrons. The lowest BCUT2D eigenvalue weighted by Gasteiger charge is -2.34. The molecule has 0 spiro atoms. The number of anilines is 1. The van der Waals surface area contributed by atoms with Crippen LogP contribution in [0.2, 0.25) is 0 Å². The van der Waals surface area contributed by atoms with Crippen LogP contribution in [0.1, 0.15) is 42.5 Å². The fourth-order valence-corrected chi connectivity index (χ4v) is 4.22. The first kappa shape index (κ1) is 23.8. The van der Waals surface area contributed by atoms with Crippen LogP contribution in [0.5, 0.6) is 5.75 Å². The van der Waals surface area contributed by atoms with Gasteiger partial charge < -0.3 is 20.3 Å². The van der Waals surface area contributed by atoms with E-state index >= 15 is 0 Å². The van der Waals surface area contributed by atoms with Crippen LogP contribution in [0.15, 0.2) is 53.0 Å². The van der Waals surface area contributed by atoms with Gasteiger partial charge in [-0.15, -0.1) is 0 Å². The van der Waals surface area contributed by atoms with E-state index in [4.69, 9.17) is 4.74 Å². The summed E-state index contributed by atoms with van der Waals surface area (Å²) >= 11 is 3.40. The lowest BCUT2D eigenvalue weighted by atomic mass is 9.93. The third-order valence-corrected chi connectivity index (χ3v) is 5.97. The molecule has 0 aliphatic heterocycles. The zero-order valence-corrected chi connectivity index (χ0v) is 19.7. The van der Waals surface area contributed by atoms with E-state index in [9.17, 15) is 14.4 Å². The highest BCUT2D eigenvalue weighted by Gasteiger charge is 2.28. The van der Waals surface area contributed by atoms with Gasteiger partial charge in [-0.25, -0.2) is 0 Å². The third-order valence-electron chi connectivity index (χ3n) is 5.48. The molecule has 0 heterocycles. The highest BCUT2D eigenvalue weighted by molar-refractivity contribution is 9.10. The fraction of sp³-hybridized carbons (Fsp3) is 0.375. The minimum Gasteiger partial charge on any atom is -0.497 e. The molecule has 1 aliphatic rings. The Balaban J connectivity index is 1.59. The normalized spacial score (nSPS) is 13.8. The van der Waals surface area contributed by atoms with Crippen LogP contribution >= 0.6 is 15.9 Å². The number of amides is 3. The molecule has 32 heavy (non-hydrogen) atoms. The number of carbonyl (C=O) groups excluding carboxylic acids is 3. The highest BCUT2D eigenvalue weighted by Crippen LogP contribution is 2.24. The predicted octanol–water partition coefficient (Wildman–Crippen LogP) is 3.99. The summed E-state index contributed by atoms with van der Waals surface area (Å²) in [5, 5.41) is 5.36. The summed E-state index contributed by atoms with van der Waals surface area (Å²) in [6.45, 7) is -0.250. The summed E-state index contributed by atoms with van der Waals surface area (Å²) in [5.41, 5.74) is 1.15. The molecule has 1 saturated carbocycles. The third kappa shape index (κ3) is 6.82. The molecular formula is C24H28BrN3O4. The molecule has 3 rings (SSSR count). The SMILES string of the molecule is COc1ccc(NC(=O)CNC(=O)CN(C(=O)c2cccc(Br)c2)C2CCCCC2)cc1. The molecule has 8 heteroatoms. The lowest BCUT2D eigenvalue weighted by Crippen LogP contribution is -2.48. The van der Waals surface area contributed by atoms with E-state index < -0.39 is 0 Å². The van der Waals surface area contributed by atoms with E-state index in [1.54, 1.807) is 54.5 Å². The Hall–Kier alpha value is -2.87. The van der Waals surface area contributed by atoms with Crippen molar-refractivity contribution in [3.63, 3.8) is 0 Å². The van der Waals surface area contributed by atoms with Gasteiger partial charge in [0.25, 0.3) is 5.91 Å². The Labute approximate surface area is 196 Å². The van der Waals surface area contributed by atoms with Gasteiger partial charge >= 0.3 is 0 Å². The van der Waals surface area contributed by atoms with E-state index in [1.807, 2.05) is 6.07 Å². The molecule has 0 unspecified atom stereocenters. The summed E-state index contributed by atoms with van der Waals surface area (Å²) < 4.78 is 5.90. The lowest BCUT2D eigenvalue weighted by molar-refractivity contribution is -0.125. The molecule has 2 aromatic carbocycles. The number of carbonyl (C=O) groups is 3. The Bertz CT molecular complexity index is 943. The second kappa shape index (κ2) is 11.7. The summed E-state index contributed by atoms with van der Waals surface area (Å²) in [6, 6.07) is 14.1. The van der Waals surface area contributed by atoms with Crippen LogP contribution in [0.4, 0.5) is 5.69 Å². The number of hydrogen-bond acceptors (Lipinski definition) is 4. The van der Waals surface area contributed by atoms with Crippen molar-refractivity contribution in [2.75, 3.05) is 25.5 Å². The van der Waals surface area contributed by atoms with Crippen LogP contribution in [0.3, 0.4) is 0 Å². The van der Waals surface area contributed by atoms with Gasteiger partial charge in [-0.3, -0.25) is 14.4 Å². The van der Waals surface area contributed by atoms with Crippen molar-refractivity contribution in [3.8, 4) is 5.75 Å². The van der Waals surface area contributed by atoms with Crippen molar-refractivity contribution < 1.29 is 19.1 Å². The molecule has 0 saturated heterocycles. The number of nitrogens with zero attached hydrogens (tertiary/aromatic N) is 1. The molecule has 3 amide bonds. The minimum atomic E-state index is -0.358. The number of methoxy groups -OCH3 is 1. The zero-order valence-electron chi connectivity index (χ0n) is 18.1. The Morgan fingerprint density at radius 2 is 1.75 bits per heavy atom. The average molecular weight is 502 g/mol. The van der Waals surface area contributed by atoms with Gasteiger partial charge in [0, 0.05) is 21.8 Å². The quantitative estimate of drug-likeness (QED) is 0.572. The Morgan fingerprint density at radius 3 is 2.41 bits per heavy atom. The van der Waals surface area contributed by atoms with E-state index in [0.717, 1.165) is 36.6 Å². The maximum absolute atomic E-state index is 13.2. The summed E-state index contributed by atoms with van der Waals surface area (Å²) in [6.07, 6.45) is 4.99. The van der Waals surface area contributed by atoms with Gasteiger partial charge in [0.2, 0.25) is 11.8 Å². The monoisotopic (exact) mass is 501 g/mol. The number of ether oxygens (including phenoxy) is 1. The fourth-order valence-electron chi connectivity index (χ4n) is 3.82.